The molecule has 1 saturated carbocycles. The molecular weight excluding hydrogens is 318 g/mol. The summed E-state index contributed by atoms with van der Waals surface area (Å²) in [5.41, 5.74) is 0. The second-order valence-corrected chi connectivity index (χ2v) is 7.14. The van der Waals surface area contributed by atoms with Crippen molar-refractivity contribution < 1.29 is 13.7 Å². The molecule has 6 nitrogen and oxygen atoms in total. The first-order valence-corrected chi connectivity index (χ1v) is 9.46. The number of amides is 1. The van der Waals surface area contributed by atoms with Crippen LogP contribution in [0.15, 0.2) is 27.3 Å². The standard InChI is InChI=1S/C19H25N3O3/c23-18(9-4-8-17-20-19(21-25-17)14-10-11-14)22-12-3-1-2-6-15(22)16-7-5-13-24-16/h5,7,13-15H,1-4,6,8-12H2. The molecule has 3 heterocycles. The third-order valence-corrected chi connectivity index (χ3v) is 5.15. The van der Waals surface area contributed by atoms with E-state index in [1.165, 1.54) is 19.3 Å². The summed E-state index contributed by atoms with van der Waals surface area (Å²) < 4.78 is 10.9. The molecule has 1 atom stereocenters. The molecular formula is C19H25N3O3. The van der Waals surface area contributed by atoms with Crippen molar-refractivity contribution in [3.05, 3.63) is 35.9 Å². The molecule has 1 unspecified atom stereocenters. The van der Waals surface area contributed by atoms with Crippen LogP contribution in [0.4, 0.5) is 0 Å². The van der Waals surface area contributed by atoms with E-state index in [9.17, 15) is 4.79 Å². The Kier molecular flexibility index (Phi) is 4.85. The highest BCUT2D eigenvalue weighted by Crippen LogP contribution is 2.38. The monoisotopic (exact) mass is 343 g/mol. The van der Waals surface area contributed by atoms with Gasteiger partial charge < -0.3 is 13.8 Å². The molecule has 1 amide bonds. The van der Waals surface area contributed by atoms with E-state index in [2.05, 4.69) is 10.1 Å². The molecule has 2 fully saturated rings. The van der Waals surface area contributed by atoms with Gasteiger partial charge in [-0.1, -0.05) is 18.0 Å². The fraction of sp³-hybridized carbons (Fsp3) is 0.632. The summed E-state index contributed by atoms with van der Waals surface area (Å²) in [7, 11) is 0. The van der Waals surface area contributed by atoms with Gasteiger partial charge in [0.25, 0.3) is 0 Å². The largest absolute Gasteiger partial charge is 0.467 e. The number of nitrogens with zero attached hydrogens (tertiary/aromatic N) is 3. The molecule has 134 valence electrons. The Labute approximate surface area is 147 Å². The molecule has 6 heteroatoms. The fourth-order valence-corrected chi connectivity index (χ4v) is 3.59. The summed E-state index contributed by atoms with van der Waals surface area (Å²) >= 11 is 0. The molecule has 1 aliphatic carbocycles. The average Bonchev–Trinajstić information content (AvgIpc) is 3.22. The summed E-state index contributed by atoms with van der Waals surface area (Å²) in [5, 5.41) is 4.03. The lowest BCUT2D eigenvalue weighted by Gasteiger charge is -2.28. The molecule has 25 heavy (non-hydrogen) atoms. The van der Waals surface area contributed by atoms with Crippen LogP contribution in [0.25, 0.3) is 0 Å². The lowest BCUT2D eigenvalue weighted by atomic mass is 10.1. The van der Waals surface area contributed by atoms with Crippen molar-refractivity contribution in [3.8, 4) is 0 Å². The van der Waals surface area contributed by atoms with Gasteiger partial charge >= 0.3 is 0 Å². The maximum Gasteiger partial charge on any atom is 0.226 e. The summed E-state index contributed by atoms with van der Waals surface area (Å²) in [6.45, 7) is 0.816. The molecule has 0 aromatic carbocycles. The first-order valence-electron chi connectivity index (χ1n) is 9.46. The molecule has 0 radical (unpaired) electrons. The van der Waals surface area contributed by atoms with Gasteiger partial charge in [0.2, 0.25) is 11.8 Å². The van der Waals surface area contributed by atoms with Crippen molar-refractivity contribution in [2.45, 2.75) is 69.7 Å². The van der Waals surface area contributed by atoms with Gasteiger partial charge in [0.1, 0.15) is 5.76 Å². The Bertz CT molecular complexity index is 691. The minimum atomic E-state index is 0.0786. The van der Waals surface area contributed by atoms with Gasteiger partial charge in [-0.25, -0.2) is 0 Å². The van der Waals surface area contributed by atoms with E-state index in [0.717, 1.165) is 43.8 Å². The van der Waals surface area contributed by atoms with Gasteiger partial charge in [-0.2, -0.15) is 4.98 Å². The highest BCUT2D eigenvalue weighted by Gasteiger charge is 2.29. The van der Waals surface area contributed by atoms with Gasteiger partial charge in [0, 0.05) is 25.3 Å². The van der Waals surface area contributed by atoms with Crippen LogP contribution < -0.4 is 0 Å². The predicted octanol–water partition coefficient (Wildman–Crippen LogP) is 4.01. The first-order chi connectivity index (χ1) is 12.3. The second-order valence-electron chi connectivity index (χ2n) is 7.14. The van der Waals surface area contributed by atoms with Gasteiger partial charge in [-0.3, -0.25) is 4.79 Å². The minimum Gasteiger partial charge on any atom is -0.467 e. The van der Waals surface area contributed by atoms with E-state index in [0.29, 0.717) is 24.7 Å². The number of likely N-dealkylation sites (tertiary alicyclic amines) is 1. The number of hydrogen-bond acceptors (Lipinski definition) is 5. The maximum absolute atomic E-state index is 12.8. The van der Waals surface area contributed by atoms with E-state index in [-0.39, 0.29) is 11.9 Å². The zero-order chi connectivity index (χ0) is 17.1. The van der Waals surface area contributed by atoms with Crippen LogP contribution in [0, 0.1) is 0 Å². The van der Waals surface area contributed by atoms with Crippen molar-refractivity contribution in [1.82, 2.24) is 15.0 Å². The number of carbonyl (C=O) groups is 1. The topological polar surface area (TPSA) is 72.4 Å². The zero-order valence-corrected chi connectivity index (χ0v) is 14.5. The second kappa shape index (κ2) is 7.42. The van der Waals surface area contributed by atoms with E-state index in [1.54, 1.807) is 6.26 Å². The smallest absolute Gasteiger partial charge is 0.226 e. The summed E-state index contributed by atoms with van der Waals surface area (Å²) in [6, 6.07) is 3.96. The number of aromatic nitrogens is 2. The van der Waals surface area contributed by atoms with Crippen LogP contribution in [-0.2, 0) is 11.2 Å². The maximum atomic E-state index is 12.8. The van der Waals surface area contributed by atoms with E-state index in [4.69, 9.17) is 8.94 Å². The lowest BCUT2D eigenvalue weighted by Crippen LogP contribution is -2.34. The van der Waals surface area contributed by atoms with E-state index in [1.807, 2.05) is 17.0 Å². The Morgan fingerprint density at radius 2 is 2.16 bits per heavy atom. The minimum absolute atomic E-state index is 0.0786. The Hall–Kier alpha value is -2.11. The van der Waals surface area contributed by atoms with Gasteiger partial charge in [-0.15, -0.1) is 0 Å². The SMILES string of the molecule is O=C(CCCc1nc(C2CC2)no1)N1CCCCCC1c1ccco1. The Balaban J connectivity index is 1.33. The molecule has 2 aromatic rings. The van der Waals surface area contributed by atoms with E-state index < -0.39 is 0 Å². The summed E-state index contributed by atoms with van der Waals surface area (Å²) in [6.07, 6.45) is 10.3. The zero-order valence-electron chi connectivity index (χ0n) is 14.5. The quantitative estimate of drug-likeness (QED) is 0.792. The van der Waals surface area contributed by atoms with Gasteiger partial charge in [-0.05, 0) is 44.2 Å². The van der Waals surface area contributed by atoms with Crippen LogP contribution in [0.1, 0.15) is 80.8 Å². The molecule has 1 aliphatic heterocycles. The Morgan fingerprint density at radius 1 is 1.24 bits per heavy atom. The molecule has 0 bridgehead atoms. The highest BCUT2D eigenvalue weighted by molar-refractivity contribution is 5.76. The number of rotatable bonds is 6. The van der Waals surface area contributed by atoms with Gasteiger partial charge in [0.05, 0.1) is 12.3 Å². The van der Waals surface area contributed by atoms with Crippen LogP contribution in [0.3, 0.4) is 0 Å². The van der Waals surface area contributed by atoms with Gasteiger partial charge in [0.15, 0.2) is 5.82 Å². The molecule has 4 rings (SSSR count). The summed E-state index contributed by atoms with van der Waals surface area (Å²) in [4.78, 5) is 19.2. The third-order valence-electron chi connectivity index (χ3n) is 5.15. The number of aryl methyl sites for hydroxylation is 1. The third kappa shape index (κ3) is 3.94. The molecule has 1 saturated heterocycles. The van der Waals surface area contributed by atoms with Crippen LogP contribution in [-0.4, -0.2) is 27.5 Å². The fourth-order valence-electron chi connectivity index (χ4n) is 3.59. The molecule has 2 aromatic heterocycles. The highest BCUT2D eigenvalue weighted by atomic mass is 16.5. The number of hydrogen-bond donors (Lipinski definition) is 0. The lowest BCUT2D eigenvalue weighted by molar-refractivity contribution is -0.134. The average molecular weight is 343 g/mol. The predicted molar refractivity (Wildman–Crippen MR) is 90.8 cm³/mol. The van der Waals surface area contributed by atoms with Crippen molar-refractivity contribution >= 4 is 5.91 Å². The normalized spacial score (nSPS) is 21.3. The van der Waals surface area contributed by atoms with Crippen molar-refractivity contribution in [2.24, 2.45) is 0 Å². The molecule has 0 N–H and O–H groups in total. The number of carbonyl (C=O) groups excluding carboxylic acids is 1. The Morgan fingerprint density at radius 3 is 2.96 bits per heavy atom. The first kappa shape index (κ1) is 16.4. The van der Waals surface area contributed by atoms with Crippen molar-refractivity contribution in [1.29, 1.82) is 0 Å². The van der Waals surface area contributed by atoms with Crippen LogP contribution >= 0.6 is 0 Å². The number of furan rings is 1. The van der Waals surface area contributed by atoms with Crippen LogP contribution in [0.5, 0.6) is 0 Å². The van der Waals surface area contributed by atoms with Crippen molar-refractivity contribution in [2.75, 3.05) is 6.54 Å². The molecule has 2 aliphatic rings. The van der Waals surface area contributed by atoms with Crippen molar-refractivity contribution in [3.63, 3.8) is 0 Å². The molecule has 0 spiro atoms. The van der Waals surface area contributed by atoms with E-state index >= 15 is 0 Å². The summed E-state index contributed by atoms with van der Waals surface area (Å²) in [5.74, 6) is 3.11. The van der Waals surface area contributed by atoms with Crippen LogP contribution in [0.2, 0.25) is 0 Å².